The van der Waals surface area contributed by atoms with E-state index in [1.807, 2.05) is 19.2 Å². The van der Waals surface area contributed by atoms with Gasteiger partial charge in [0.05, 0.1) is 4.90 Å². The van der Waals surface area contributed by atoms with Crippen molar-refractivity contribution in [2.75, 3.05) is 20.1 Å². The lowest BCUT2D eigenvalue weighted by Crippen LogP contribution is -2.33. The fourth-order valence-electron chi connectivity index (χ4n) is 1.94. The summed E-state index contributed by atoms with van der Waals surface area (Å²) in [7, 11) is -1.44. The van der Waals surface area contributed by atoms with Crippen molar-refractivity contribution in [3.8, 4) is 0 Å². The van der Waals surface area contributed by atoms with Crippen LogP contribution in [0.3, 0.4) is 0 Å². The van der Waals surface area contributed by atoms with E-state index in [1.54, 1.807) is 16.4 Å². The summed E-state index contributed by atoms with van der Waals surface area (Å²) in [5.41, 5.74) is 0. The Bertz CT molecular complexity index is 487. The molecule has 1 aliphatic heterocycles. The van der Waals surface area contributed by atoms with E-state index in [-0.39, 0.29) is 6.04 Å². The van der Waals surface area contributed by atoms with Crippen molar-refractivity contribution >= 4 is 32.6 Å². The standard InChI is InChI=1S/C11H15IN2O2S/c1-13-10-6-7-14(8-10)17(15,16)11-4-2-9(12)3-5-11/h2-5,10,13H,6-8H2,1H3. The van der Waals surface area contributed by atoms with Crippen LogP contribution in [0.15, 0.2) is 29.2 Å². The number of nitrogens with one attached hydrogen (secondary N) is 1. The van der Waals surface area contributed by atoms with Crippen LogP contribution >= 0.6 is 22.6 Å². The molecule has 0 bridgehead atoms. The SMILES string of the molecule is CNC1CCN(S(=O)(=O)c2ccc(I)cc2)C1. The van der Waals surface area contributed by atoms with Crippen LogP contribution in [0, 0.1) is 3.57 Å². The summed E-state index contributed by atoms with van der Waals surface area (Å²) in [5.74, 6) is 0. The minimum absolute atomic E-state index is 0.272. The molecular formula is C11H15IN2O2S. The smallest absolute Gasteiger partial charge is 0.243 e. The molecule has 6 heteroatoms. The molecule has 1 aromatic rings. The maximum Gasteiger partial charge on any atom is 0.243 e. The first kappa shape index (κ1) is 13.3. The zero-order chi connectivity index (χ0) is 12.5. The van der Waals surface area contributed by atoms with E-state index in [2.05, 4.69) is 27.9 Å². The molecule has 2 rings (SSSR count). The maximum absolute atomic E-state index is 12.3. The second-order valence-corrected chi connectivity index (χ2v) is 7.27. The molecule has 0 spiro atoms. The van der Waals surface area contributed by atoms with E-state index in [4.69, 9.17) is 0 Å². The van der Waals surface area contributed by atoms with Gasteiger partial charge in [-0.1, -0.05) is 0 Å². The van der Waals surface area contributed by atoms with E-state index < -0.39 is 10.0 Å². The third-order valence-corrected chi connectivity index (χ3v) is 5.61. The number of nitrogens with zero attached hydrogens (tertiary/aromatic N) is 1. The third-order valence-electron chi connectivity index (χ3n) is 3.01. The minimum atomic E-state index is -3.31. The highest BCUT2D eigenvalue weighted by molar-refractivity contribution is 14.1. The maximum atomic E-state index is 12.3. The highest BCUT2D eigenvalue weighted by Gasteiger charge is 2.31. The van der Waals surface area contributed by atoms with Gasteiger partial charge < -0.3 is 5.32 Å². The quantitative estimate of drug-likeness (QED) is 0.820. The van der Waals surface area contributed by atoms with E-state index >= 15 is 0 Å². The fraction of sp³-hybridized carbons (Fsp3) is 0.455. The number of hydrogen-bond donors (Lipinski definition) is 1. The molecule has 1 N–H and O–H groups in total. The van der Waals surface area contributed by atoms with Crippen LogP contribution in [-0.2, 0) is 10.0 Å². The number of sulfonamides is 1. The van der Waals surface area contributed by atoms with Crippen LogP contribution in [-0.4, -0.2) is 38.9 Å². The van der Waals surface area contributed by atoms with Crippen LogP contribution < -0.4 is 5.32 Å². The Hall–Kier alpha value is -0.180. The predicted molar refractivity (Wildman–Crippen MR) is 75.4 cm³/mol. The zero-order valence-electron chi connectivity index (χ0n) is 9.56. The number of likely N-dealkylation sites (N-methyl/N-ethyl adjacent to an activating group) is 1. The Morgan fingerprint density at radius 2 is 2.00 bits per heavy atom. The topological polar surface area (TPSA) is 49.4 Å². The molecule has 1 aromatic carbocycles. The number of hydrogen-bond acceptors (Lipinski definition) is 3. The van der Waals surface area contributed by atoms with Crippen LogP contribution in [0.5, 0.6) is 0 Å². The molecule has 1 atom stereocenters. The molecule has 0 radical (unpaired) electrons. The molecule has 0 amide bonds. The highest BCUT2D eigenvalue weighted by Crippen LogP contribution is 2.21. The molecule has 1 fully saturated rings. The van der Waals surface area contributed by atoms with E-state index in [1.165, 1.54) is 0 Å². The highest BCUT2D eigenvalue weighted by atomic mass is 127. The van der Waals surface area contributed by atoms with Gasteiger partial charge >= 0.3 is 0 Å². The summed E-state index contributed by atoms with van der Waals surface area (Å²) in [6.07, 6.45) is 0.875. The van der Waals surface area contributed by atoms with Crippen LogP contribution in [0.2, 0.25) is 0 Å². The van der Waals surface area contributed by atoms with Gasteiger partial charge in [-0.15, -0.1) is 0 Å². The molecule has 0 aliphatic carbocycles. The molecule has 4 nitrogen and oxygen atoms in total. The Kier molecular flexibility index (Phi) is 4.06. The van der Waals surface area contributed by atoms with Crippen LogP contribution in [0.25, 0.3) is 0 Å². The van der Waals surface area contributed by atoms with Crippen molar-refractivity contribution in [2.24, 2.45) is 0 Å². The Balaban J connectivity index is 2.22. The first-order valence-corrected chi connectivity index (χ1v) is 7.99. The summed E-state index contributed by atoms with van der Waals surface area (Å²) in [6, 6.07) is 7.25. The third kappa shape index (κ3) is 2.81. The molecule has 1 aliphatic rings. The lowest BCUT2D eigenvalue weighted by Gasteiger charge is -2.16. The largest absolute Gasteiger partial charge is 0.316 e. The fourth-order valence-corrected chi connectivity index (χ4v) is 3.80. The van der Waals surface area contributed by atoms with Crippen molar-refractivity contribution < 1.29 is 8.42 Å². The molecule has 1 unspecified atom stereocenters. The number of rotatable bonds is 3. The lowest BCUT2D eigenvalue weighted by molar-refractivity contribution is 0.464. The molecule has 1 saturated heterocycles. The first-order chi connectivity index (χ1) is 8.04. The monoisotopic (exact) mass is 366 g/mol. The van der Waals surface area contributed by atoms with Crippen molar-refractivity contribution in [2.45, 2.75) is 17.4 Å². The zero-order valence-corrected chi connectivity index (χ0v) is 12.5. The van der Waals surface area contributed by atoms with Gasteiger partial charge in [-0.05, 0) is 60.3 Å². The van der Waals surface area contributed by atoms with Crippen molar-refractivity contribution in [3.63, 3.8) is 0 Å². The van der Waals surface area contributed by atoms with Gasteiger partial charge in [0.25, 0.3) is 0 Å². The van der Waals surface area contributed by atoms with Gasteiger partial charge in [0.1, 0.15) is 0 Å². The van der Waals surface area contributed by atoms with E-state index in [0.29, 0.717) is 18.0 Å². The van der Waals surface area contributed by atoms with E-state index in [0.717, 1.165) is 9.99 Å². The molecule has 0 aromatic heterocycles. The summed E-state index contributed by atoms with van der Waals surface area (Å²) < 4.78 is 27.2. The van der Waals surface area contributed by atoms with Gasteiger partial charge in [-0.25, -0.2) is 8.42 Å². The molecular weight excluding hydrogens is 351 g/mol. The summed E-state index contributed by atoms with van der Waals surface area (Å²) in [5, 5.41) is 3.12. The molecule has 94 valence electrons. The van der Waals surface area contributed by atoms with Crippen LogP contribution in [0.4, 0.5) is 0 Å². The summed E-state index contributed by atoms with van der Waals surface area (Å²) >= 11 is 2.16. The molecule has 0 saturated carbocycles. The molecule has 17 heavy (non-hydrogen) atoms. The number of halogens is 1. The van der Waals surface area contributed by atoms with Crippen LogP contribution in [0.1, 0.15) is 6.42 Å². The second kappa shape index (κ2) is 5.21. The Morgan fingerprint density at radius 1 is 1.35 bits per heavy atom. The normalized spacial score (nSPS) is 21.9. The average molecular weight is 366 g/mol. The molecule has 1 heterocycles. The van der Waals surface area contributed by atoms with Gasteiger partial charge in [-0.3, -0.25) is 0 Å². The van der Waals surface area contributed by atoms with Gasteiger partial charge in [0, 0.05) is 22.7 Å². The average Bonchev–Trinajstić information content (AvgIpc) is 2.78. The van der Waals surface area contributed by atoms with E-state index in [9.17, 15) is 8.42 Å². The minimum Gasteiger partial charge on any atom is -0.316 e. The Labute approximate surface area is 116 Å². The van der Waals surface area contributed by atoms with Crippen molar-refractivity contribution in [3.05, 3.63) is 27.8 Å². The first-order valence-electron chi connectivity index (χ1n) is 5.47. The number of benzene rings is 1. The Morgan fingerprint density at radius 3 is 2.53 bits per heavy atom. The second-order valence-electron chi connectivity index (χ2n) is 4.09. The van der Waals surface area contributed by atoms with Crippen molar-refractivity contribution in [1.82, 2.24) is 9.62 Å². The summed E-state index contributed by atoms with van der Waals surface area (Å²) in [4.78, 5) is 0.384. The lowest BCUT2D eigenvalue weighted by atomic mass is 10.3. The van der Waals surface area contributed by atoms with Crippen molar-refractivity contribution in [1.29, 1.82) is 0 Å². The van der Waals surface area contributed by atoms with Gasteiger partial charge in [0.15, 0.2) is 0 Å². The summed E-state index contributed by atoms with van der Waals surface area (Å²) in [6.45, 7) is 1.16. The van der Waals surface area contributed by atoms with Gasteiger partial charge in [-0.2, -0.15) is 4.31 Å². The van der Waals surface area contributed by atoms with Gasteiger partial charge in [0.2, 0.25) is 10.0 Å². The predicted octanol–water partition coefficient (Wildman–Crippen LogP) is 1.27.